The highest BCUT2D eigenvalue weighted by Crippen LogP contribution is 2.39. The van der Waals surface area contributed by atoms with Crippen LogP contribution in [0.15, 0.2) is 42.6 Å². The summed E-state index contributed by atoms with van der Waals surface area (Å²) in [6.45, 7) is 0.485. The van der Waals surface area contributed by atoms with Gasteiger partial charge in [-0.15, -0.1) is 5.10 Å². The number of aromatic nitrogens is 5. The molecule has 0 fully saturated rings. The zero-order valence-corrected chi connectivity index (χ0v) is 16.3. The molecule has 3 unspecified atom stereocenters. The first kappa shape index (κ1) is 18.5. The van der Waals surface area contributed by atoms with Gasteiger partial charge in [-0.05, 0) is 12.0 Å². The molecule has 3 aromatic rings. The van der Waals surface area contributed by atoms with Crippen LogP contribution in [0.5, 0.6) is 0 Å². The molecular weight excluding hydrogens is 389 g/mol. The Balaban J connectivity index is 1.36. The van der Waals surface area contributed by atoms with Gasteiger partial charge in [-0.3, -0.25) is 14.5 Å². The molecule has 0 spiro atoms. The van der Waals surface area contributed by atoms with E-state index in [1.165, 1.54) is 9.58 Å². The van der Waals surface area contributed by atoms with E-state index in [2.05, 4.69) is 20.5 Å². The van der Waals surface area contributed by atoms with E-state index >= 15 is 0 Å². The number of amides is 2. The van der Waals surface area contributed by atoms with Crippen molar-refractivity contribution in [3.8, 4) is 0 Å². The highest BCUT2D eigenvalue weighted by Gasteiger charge is 2.37. The van der Waals surface area contributed by atoms with Crippen molar-refractivity contribution in [2.75, 3.05) is 11.9 Å². The quantitative estimate of drug-likeness (QED) is 0.709. The number of likely N-dealkylation sites (N-methyl/N-ethyl adjacent to an activating group) is 1. The van der Waals surface area contributed by atoms with Gasteiger partial charge in [0.2, 0.25) is 5.82 Å². The van der Waals surface area contributed by atoms with Gasteiger partial charge in [0.25, 0.3) is 11.8 Å². The van der Waals surface area contributed by atoms with Crippen LogP contribution in [-0.4, -0.2) is 49.4 Å². The fraction of sp³-hybridized carbons (Fsp3) is 0.350. The van der Waals surface area contributed by atoms with Crippen LogP contribution >= 0.6 is 0 Å². The van der Waals surface area contributed by atoms with Crippen molar-refractivity contribution in [1.82, 2.24) is 29.9 Å². The minimum Gasteiger partial charge on any atom is -0.337 e. The first-order valence-corrected chi connectivity index (χ1v) is 9.78. The smallest absolute Gasteiger partial charge is 0.291 e. The minimum atomic E-state index is -1.30. The summed E-state index contributed by atoms with van der Waals surface area (Å²) >= 11 is 0. The number of halogens is 1. The fourth-order valence-electron chi connectivity index (χ4n) is 4.09. The van der Waals surface area contributed by atoms with Gasteiger partial charge in [-0.2, -0.15) is 5.10 Å². The summed E-state index contributed by atoms with van der Waals surface area (Å²) in [5.74, 6) is -0.173. The third kappa shape index (κ3) is 2.95. The van der Waals surface area contributed by atoms with Crippen LogP contribution in [0.3, 0.4) is 0 Å². The molecule has 30 heavy (non-hydrogen) atoms. The van der Waals surface area contributed by atoms with Crippen LogP contribution in [0.25, 0.3) is 0 Å². The maximum absolute atomic E-state index is 14.5. The van der Waals surface area contributed by atoms with Crippen molar-refractivity contribution in [1.29, 1.82) is 0 Å². The van der Waals surface area contributed by atoms with E-state index in [0.717, 1.165) is 5.56 Å². The summed E-state index contributed by atoms with van der Waals surface area (Å²) in [5.41, 5.74) is 0.908. The Morgan fingerprint density at radius 1 is 1.23 bits per heavy atom. The van der Waals surface area contributed by atoms with E-state index in [1.807, 2.05) is 30.3 Å². The number of hydrogen-bond acceptors (Lipinski definition) is 5. The van der Waals surface area contributed by atoms with Gasteiger partial charge in [-0.25, -0.2) is 18.7 Å². The molecule has 1 N–H and O–H groups in total. The van der Waals surface area contributed by atoms with Crippen molar-refractivity contribution >= 4 is 17.6 Å². The second-order valence-corrected chi connectivity index (χ2v) is 7.49. The molecule has 10 heteroatoms. The minimum absolute atomic E-state index is 0.134. The Bertz CT molecular complexity index is 1110. The first-order chi connectivity index (χ1) is 14.5. The second-order valence-electron chi connectivity index (χ2n) is 7.49. The predicted octanol–water partition coefficient (Wildman–Crippen LogP) is 1.64. The van der Waals surface area contributed by atoms with E-state index in [0.29, 0.717) is 18.8 Å². The van der Waals surface area contributed by atoms with Gasteiger partial charge in [0.05, 0.1) is 12.2 Å². The standard InChI is InChI=1S/C20H20FN7O2/c1-26-16-7-9-22-27(16)10-8-14(20(26)30)23-19(29)17-24-18-13(21)11-15(28(18)25-17)12-5-3-2-4-6-12/h2-7,9,13-15H,8,10-11H2,1H3,(H,23,29). The number of alkyl halides is 1. The van der Waals surface area contributed by atoms with E-state index in [-0.39, 0.29) is 30.0 Å². The van der Waals surface area contributed by atoms with Gasteiger partial charge in [0.1, 0.15) is 11.9 Å². The third-order valence-electron chi connectivity index (χ3n) is 5.65. The summed E-state index contributed by atoms with van der Waals surface area (Å²) < 4.78 is 17.7. The maximum atomic E-state index is 14.5. The van der Waals surface area contributed by atoms with E-state index in [1.54, 1.807) is 24.0 Å². The number of rotatable bonds is 3. The molecule has 0 aliphatic carbocycles. The molecule has 0 bridgehead atoms. The number of anilines is 1. The van der Waals surface area contributed by atoms with Crippen LogP contribution in [-0.2, 0) is 11.3 Å². The van der Waals surface area contributed by atoms with Crippen LogP contribution in [0.2, 0.25) is 0 Å². The number of nitrogens with zero attached hydrogens (tertiary/aromatic N) is 6. The van der Waals surface area contributed by atoms with Crippen molar-refractivity contribution in [2.45, 2.75) is 37.6 Å². The Morgan fingerprint density at radius 3 is 2.83 bits per heavy atom. The highest BCUT2D eigenvalue weighted by molar-refractivity contribution is 6.00. The largest absolute Gasteiger partial charge is 0.337 e. The summed E-state index contributed by atoms with van der Waals surface area (Å²) in [6, 6.07) is 10.1. The van der Waals surface area contributed by atoms with Crippen molar-refractivity contribution in [2.24, 2.45) is 0 Å². The molecule has 0 saturated carbocycles. The van der Waals surface area contributed by atoms with Crippen molar-refractivity contribution < 1.29 is 14.0 Å². The number of hydrogen-bond donors (Lipinski definition) is 1. The Labute approximate surface area is 171 Å². The lowest BCUT2D eigenvalue weighted by atomic mass is 10.0. The Hall–Kier alpha value is -3.56. The summed E-state index contributed by atoms with van der Waals surface area (Å²) in [6.07, 6.45) is 0.950. The predicted molar refractivity (Wildman–Crippen MR) is 105 cm³/mol. The Morgan fingerprint density at radius 2 is 2.03 bits per heavy atom. The normalized spacial score (nSPS) is 23.1. The fourth-order valence-corrected chi connectivity index (χ4v) is 4.09. The van der Waals surface area contributed by atoms with Gasteiger partial charge in [0, 0.05) is 26.1 Å². The molecule has 1 aromatic carbocycles. The van der Waals surface area contributed by atoms with Crippen LogP contribution in [0.1, 0.15) is 47.1 Å². The molecule has 5 rings (SSSR count). The second kappa shape index (κ2) is 7.05. The van der Waals surface area contributed by atoms with Crippen LogP contribution in [0, 0.1) is 0 Å². The number of benzene rings is 1. The van der Waals surface area contributed by atoms with Gasteiger partial charge >= 0.3 is 0 Å². The van der Waals surface area contributed by atoms with Gasteiger partial charge in [0.15, 0.2) is 12.0 Å². The van der Waals surface area contributed by atoms with Crippen LogP contribution in [0.4, 0.5) is 10.2 Å². The molecule has 0 radical (unpaired) electrons. The molecule has 154 valence electrons. The van der Waals surface area contributed by atoms with Gasteiger partial charge in [-0.1, -0.05) is 30.3 Å². The van der Waals surface area contributed by atoms with E-state index in [4.69, 9.17) is 0 Å². The molecule has 3 atom stereocenters. The maximum Gasteiger partial charge on any atom is 0.291 e. The molecule has 2 aliphatic heterocycles. The monoisotopic (exact) mass is 409 g/mol. The lowest BCUT2D eigenvalue weighted by Gasteiger charge is -2.19. The average molecular weight is 409 g/mol. The van der Waals surface area contributed by atoms with E-state index in [9.17, 15) is 14.0 Å². The molecule has 2 amide bonds. The lowest BCUT2D eigenvalue weighted by molar-refractivity contribution is -0.120. The number of fused-ring (bicyclic) bond motifs is 2. The molecule has 4 heterocycles. The SMILES string of the molecule is CN1C(=O)C(NC(=O)c2nc3n(n2)C(c2ccccc2)CC3F)CCn2nccc21. The molecule has 0 saturated heterocycles. The number of nitrogens with one attached hydrogen (secondary N) is 1. The molecule has 2 aliphatic rings. The molecule has 2 aromatic heterocycles. The van der Waals surface area contributed by atoms with Gasteiger partial charge < -0.3 is 5.32 Å². The molecular formula is C20H20FN7O2. The number of aryl methyl sites for hydroxylation is 1. The number of carbonyl (C=O) groups is 2. The van der Waals surface area contributed by atoms with E-state index < -0.39 is 18.1 Å². The molecule has 9 nitrogen and oxygen atoms in total. The highest BCUT2D eigenvalue weighted by atomic mass is 19.1. The van der Waals surface area contributed by atoms with Crippen molar-refractivity contribution in [3.05, 3.63) is 59.8 Å². The zero-order valence-electron chi connectivity index (χ0n) is 16.3. The van der Waals surface area contributed by atoms with Crippen molar-refractivity contribution in [3.63, 3.8) is 0 Å². The zero-order chi connectivity index (χ0) is 20.8. The Kier molecular flexibility index (Phi) is 4.34. The summed E-state index contributed by atoms with van der Waals surface area (Å²) in [4.78, 5) is 31.1. The third-order valence-corrected chi connectivity index (χ3v) is 5.65. The first-order valence-electron chi connectivity index (χ1n) is 9.78. The summed E-state index contributed by atoms with van der Waals surface area (Å²) in [7, 11) is 1.64. The topological polar surface area (TPSA) is 97.9 Å². The van der Waals surface area contributed by atoms with Crippen LogP contribution < -0.4 is 10.2 Å². The average Bonchev–Trinajstić information content (AvgIpc) is 3.45. The lowest BCUT2D eigenvalue weighted by Crippen LogP contribution is -2.47. The summed E-state index contributed by atoms with van der Waals surface area (Å²) in [5, 5.41) is 11.2. The number of carbonyl (C=O) groups excluding carboxylic acids is 2.